The van der Waals surface area contributed by atoms with E-state index in [4.69, 9.17) is 4.74 Å². The highest BCUT2D eigenvalue weighted by Gasteiger charge is 2.51. The van der Waals surface area contributed by atoms with Crippen molar-refractivity contribution in [1.82, 2.24) is 4.67 Å². The lowest BCUT2D eigenvalue weighted by atomic mass is 10.6. The van der Waals surface area contributed by atoms with Gasteiger partial charge in [0.1, 0.15) is 0 Å². The van der Waals surface area contributed by atoms with Crippen LogP contribution in [0.2, 0.25) is 0 Å². The SMILES string of the molecule is CCSP(=O)([C@@H]1OC1C)N(C)C. The molecule has 1 rings (SSSR count). The molecule has 5 heteroatoms. The lowest BCUT2D eigenvalue weighted by Gasteiger charge is -2.21. The van der Waals surface area contributed by atoms with Crippen LogP contribution in [0.1, 0.15) is 13.8 Å². The molecule has 0 aromatic carbocycles. The molecule has 1 saturated heterocycles. The molecule has 2 unspecified atom stereocenters. The molecule has 1 aliphatic rings. The van der Waals surface area contributed by atoms with Gasteiger partial charge in [-0.05, 0) is 26.8 Å². The van der Waals surface area contributed by atoms with Crippen molar-refractivity contribution in [3.63, 3.8) is 0 Å². The maximum Gasteiger partial charge on any atom is 0.233 e. The minimum absolute atomic E-state index is 0.0301. The third kappa shape index (κ3) is 1.87. The molecule has 0 amide bonds. The van der Waals surface area contributed by atoms with Gasteiger partial charge in [-0.15, -0.1) is 0 Å². The lowest BCUT2D eigenvalue weighted by molar-refractivity contribution is 0.400. The predicted octanol–water partition coefficient (Wildman–Crippen LogP) is 2.24. The molecule has 0 aromatic rings. The molecular weight excluding hydrogens is 193 g/mol. The Labute approximate surface area is 78.0 Å². The first-order valence-electron chi connectivity index (χ1n) is 4.10. The summed E-state index contributed by atoms with van der Waals surface area (Å²) in [6, 6.07) is 0. The van der Waals surface area contributed by atoms with E-state index in [9.17, 15) is 4.57 Å². The Morgan fingerprint density at radius 1 is 1.58 bits per heavy atom. The molecule has 0 radical (unpaired) electrons. The van der Waals surface area contributed by atoms with Crippen molar-refractivity contribution in [2.24, 2.45) is 0 Å². The maximum absolute atomic E-state index is 12.2. The molecule has 0 N–H and O–H groups in total. The zero-order chi connectivity index (χ0) is 9.35. The lowest BCUT2D eigenvalue weighted by Crippen LogP contribution is -2.11. The van der Waals surface area contributed by atoms with E-state index in [-0.39, 0.29) is 11.9 Å². The highest BCUT2D eigenvalue weighted by molar-refractivity contribution is 8.57. The maximum atomic E-state index is 12.2. The second kappa shape index (κ2) is 3.70. The number of ether oxygens (including phenoxy) is 1. The van der Waals surface area contributed by atoms with Crippen molar-refractivity contribution in [3.05, 3.63) is 0 Å². The molecule has 12 heavy (non-hydrogen) atoms. The fourth-order valence-corrected chi connectivity index (χ4v) is 6.10. The third-order valence-electron chi connectivity index (χ3n) is 1.87. The van der Waals surface area contributed by atoms with Gasteiger partial charge in [0.25, 0.3) is 0 Å². The highest BCUT2D eigenvalue weighted by Crippen LogP contribution is 2.69. The third-order valence-corrected chi connectivity index (χ3v) is 8.29. The summed E-state index contributed by atoms with van der Waals surface area (Å²) in [5.74, 6) is 0.847. The van der Waals surface area contributed by atoms with Gasteiger partial charge >= 0.3 is 0 Å². The van der Waals surface area contributed by atoms with E-state index in [2.05, 4.69) is 0 Å². The van der Waals surface area contributed by atoms with E-state index in [1.807, 2.05) is 32.6 Å². The predicted molar refractivity (Wildman–Crippen MR) is 53.8 cm³/mol. The van der Waals surface area contributed by atoms with Crippen LogP contribution < -0.4 is 0 Å². The van der Waals surface area contributed by atoms with E-state index in [0.717, 1.165) is 5.75 Å². The van der Waals surface area contributed by atoms with Crippen molar-refractivity contribution in [1.29, 1.82) is 0 Å². The summed E-state index contributed by atoms with van der Waals surface area (Å²) in [5, 5.41) is 0. The second-order valence-corrected chi connectivity index (χ2v) is 8.68. The van der Waals surface area contributed by atoms with Gasteiger partial charge in [0.15, 0.2) is 5.85 Å². The Hall–Kier alpha value is 0.500. The van der Waals surface area contributed by atoms with E-state index < -0.39 is 6.49 Å². The van der Waals surface area contributed by atoms with Crippen LogP contribution >= 0.6 is 17.9 Å². The molecule has 0 aromatic heterocycles. The molecular formula is C7H16NO2PS. The molecule has 0 aliphatic carbocycles. The molecule has 0 spiro atoms. The first-order valence-corrected chi connectivity index (χ1v) is 7.42. The first kappa shape index (κ1) is 10.6. The van der Waals surface area contributed by atoms with Gasteiger partial charge in [0, 0.05) is 0 Å². The molecule has 1 fully saturated rings. The number of hydrogen-bond donors (Lipinski definition) is 0. The molecule has 3 nitrogen and oxygen atoms in total. The topological polar surface area (TPSA) is 32.8 Å². The number of hydrogen-bond acceptors (Lipinski definition) is 3. The minimum atomic E-state index is -2.28. The average molecular weight is 209 g/mol. The van der Waals surface area contributed by atoms with Gasteiger partial charge in [0.2, 0.25) is 6.49 Å². The van der Waals surface area contributed by atoms with Crippen molar-refractivity contribution in [2.75, 3.05) is 19.8 Å². The normalized spacial score (nSPS) is 33.4. The summed E-state index contributed by atoms with van der Waals surface area (Å²) in [6.07, 6.45) is 0.178. The van der Waals surface area contributed by atoms with Crippen molar-refractivity contribution >= 4 is 17.9 Å². The van der Waals surface area contributed by atoms with Crippen molar-refractivity contribution in [2.45, 2.75) is 25.8 Å². The number of nitrogens with zero attached hydrogens (tertiary/aromatic N) is 1. The zero-order valence-corrected chi connectivity index (χ0v) is 9.69. The van der Waals surface area contributed by atoms with E-state index in [1.165, 1.54) is 11.4 Å². The van der Waals surface area contributed by atoms with Gasteiger partial charge in [0.05, 0.1) is 6.10 Å². The van der Waals surface area contributed by atoms with Crippen LogP contribution in [0.3, 0.4) is 0 Å². The highest BCUT2D eigenvalue weighted by atomic mass is 32.7. The van der Waals surface area contributed by atoms with Crippen LogP contribution in [0.15, 0.2) is 0 Å². The quantitative estimate of drug-likeness (QED) is 0.525. The Morgan fingerprint density at radius 2 is 2.08 bits per heavy atom. The smallest absolute Gasteiger partial charge is 0.233 e. The molecule has 0 saturated carbocycles. The summed E-state index contributed by atoms with van der Waals surface area (Å²) in [6.45, 7) is 1.71. The molecule has 1 heterocycles. The van der Waals surface area contributed by atoms with Gasteiger partial charge < -0.3 is 4.74 Å². The first-order chi connectivity index (χ1) is 5.52. The molecule has 72 valence electrons. The monoisotopic (exact) mass is 209 g/mol. The fourth-order valence-electron chi connectivity index (χ4n) is 1.12. The van der Waals surface area contributed by atoms with Crippen LogP contribution in [-0.2, 0) is 9.30 Å². The fraction of sp³-hybridized carbons (Fsp3) is 1.00. The van der Waals surface area contributed by atoms with Gasteiger partial charge in [-0.25, -0.2) is 4.67 Å². The van der Waals surface area contributed by atoms with E-state index in [0.29, 0.717) is 0 Å². The number of rotatable bonds is 4. The standard InChI is InChI=1S/C7H16NO2PS/c1-5-12-11(9,8(3)4)7-6(2)10-7/h6-7H,5H2,1-4H3/t6?,7-,11?/m0/s1. The van der Waals surface area contributed by atoms with Crippen LogP contribution in [0.25, 0.3) is 0 Å². The Bertz CT molecular complexity index is 210. The minimum Gasteiger partial charge on any atom is -0.359 e. The Kier molecular flexibility index (Phi) is 3.27. The van der Waals surface area contributed by atoms with Crippen molar-refractivity contribution in [3.8, 4) is 0 Å². The summed E-state index contributed by atoms with van der Waals surface area (Å²) < 4.78 is 19.3. The summed E-state index contributed by atoms with van der Waals surface area (Å²) >= 11 is 1.52. The Morgan fingerprint density at radius 3 is 2.33 bits per heavy atom. The largest absolute Gasteiger partial charge is 0.359 e. The molecule has 3 atom stereocenters. The van der Waals surface area contributed by atoms with Crippen LogP contribution in [-0.4, -0.2) is 36.5 Å². The van der Waals surface area contributed by atoms with Gasteiger partial charge in [-0.1, -0.05) is 18.3 Å². The molecule has 1 aliphatic heterocycles. The number of epoxide rings is 1. The van der Waals surface area contributed by atoms with E-state index >= 15 is 0 Å². The van der Waals surface area contributed by atoms with Crippen LogP contribution in [0.5, 0.6) is 0 Å². The second-order valence-electron chi connectivity index (χ2n) is 3.06. The zero-order valence-electron chi connectivity index (χ0n) is 7.98. The Balaban J connectivity index is 2.66. The van der Waals surface area contributed by atoms with Gasteiger partial charge in [-0.3, -0.25) is 4.57 Å². The summed E-state index contributed by atoms with van der Waals surface area (Å²) in [4.78, 5) is 0. The van der Waals surface area contributed by atoms with Gasteiger partial charge in [-0.2, -0.15) is 0 Å². The van der Waals surface area contributed by atoms with Crippen LogP contribution in [0.4, 0.5) is 0 Å². The summed E-state index contributed by atoms with van der Waals surface area (Å²) in [5.41, 5.74) is 0. The summed E-state index contributed by atoms with van der Waals surface area (Å²) in [7, 11) is 3.72. The average Bonchev–Trinajstić information content (AvgIpc) is 2.67. The molecule has 0 bridgehead atoms. The van der Waals surface area contributed by atoms with E-state index in [1.54, 1.807) is 0 Å². The van der Waals surface area contributed by atoms with Crippen molar-refractivity contribution < 1.29 is 9.30 Å². The van der Waals surface area contributed by atoms with Crippen LogP contribution in [0, 0.1) is 0 Å².